The Bertz CT molecular complexity index is 517. The Morgan fingerprint density at radius 2 is 1.85 bits per heavy atom. The van der Waals surface area contributed by atoms with E-state index in [1.165, 1.54) is 6.07 Å². The summed E-state index contributed by atoms with van der Waals surface area (Å²) in [6.07, 6.45) is -4.40. The van der Waals surface area contributed by atoms with E-state index in [-0.39, 0.29) is 5.56 Å². The summed E-state index contributed by atoms with van der Waals surface area (Å²) in [7, 11) is 2.04. The van der Waals surface area contributed by atoms with E-state index in [1.807, 2.05) is 14.1 Å². The molecule has 0 spiro atoms. The third-order valence-corrected chi connectivity index (χ3v) is 3.55. The summed E-state index contributed by atoms with van der Waals surface area (Å²) in [6, 6.07) is 5.27. The third-order valence-electron chi connectivity index (χ3n) is 3.55. The van der Waals surface area contributed by atoms with Gasteiger partial charge in [0, 0.05) is 19.6 Å². The summed E-state index contributed by atoms with van der Waals surface area (Å²) in [5, 5.41) is 9.04. The molecule has 0 N–H and O–H groups in total. The highest BCUT2D eigenvalue weighted by molar-refractivity contribution is 6.04. The molecule has 0 bridgehead atoms. The molecule has 1 aliphatic heterocycles. The largest absolute Gasteiger partial charge is 0.416 e. The predicted molar refractivity (Wildman–Crippen MR) is 71.6 cm³/mol. The Morgan fingerprint density at radius 1 is 1.20 bits per heavy atom. The van der Waals surface area contributed by atoms with E-state index in [0.717, 1.165) is 38.3 Å². The van der Waals surface area contributed by atoms with E-state index >= 15 is 0 Å². The van der Waals surface area contributed by atoms with E-state index in [1.54, 1.807) is 0 Å². The second kappa shape index (κ2) is 5.86. The Morgan fingerprint density at radius 3 is 2.40 bits per heavy atom. The van der Waals surface area contributed by atoms with E-state index < -0.39 is 11.7 Å². The molecule has 0 aromatic heterocycles. The first kappa shape index (κ1) is 14.9. The first-order chi connectivity index (χ1) is 9.40. The first-order valence-electron chi connectivity index (χ1n) is 6.41. The molecule has 0 unspecified atom stereocenters. The highest BCUT2D eigenvalue weighted by Crippen LogP contribution is 2.30. The van der Waals surface area contributed by atoms with Crippen molar-refractivity contribution in [1.29, 1.82) is 5.26 Å². The minimum absolute atomic E-state index is 0.110. The van der Waals surface area contributed by atoms with Crippen molar-refractivity contribution in [2.75, 3.05) is 26.2 Å². The molecule has 20 heavy (non-hydrogen) atoms. The summed E-state index contributed by atoms with van der Waals surface area (Å²) in [5.74, 6) is 0. The molecule has 1 aromatic rings. The fraction of sp³-hybridized carbons (Fsp3) is 0.462. The van der Waals surface area contributed by atoms with Gasteiger partial charge in [-0.05, 0) is 30.8 Å². The van der Waals surface area contributed by atoms with Gasteiger partial charge in [-0.1, -0.05) is 6.07 Å². The zero-order valence-corrected chi connectivity index (χ0v) is 11.2. The molecule has 0 radical (unpaired) electrons. The lowest BCUT2D eigenvalue weighted by Gasteiger charge is -2.32. The zero-order valence-electron chi connectivity index (χ0n) is 11.2. The molecule has 1 heterocycles. The number of alkyl halides is 3. The normalized spacial score (nSPS) is 17.9. The van der Waals surface area contributed by atoms with Gasteiger partial charge in [0.25, 0.3) is 0 Å². The highest BCUT2D eigenvalue weighted by atomic mass is 19.4. The van der Waals surface area contributed by atoms with Gasteiger partial charge in [0.1, 0.15) is 0 Å². The quantitative estimate of drug-likeness (QED) is 0.764. The topological polar surface area (TPSA) is 30.3 Å². The molecule has 1 fully saturated rings. The van der Waals surface area contributed by atoms with Crippen LogP contribution in [0.2, 0.25) is 0 Å². The average Bonchev–Trinajstić information content (AvgIpc) is 2.40. The number of benzene rings is 1. The number of halogens is 3. The van der Waals surface area contributed by atoms with Crippen molar-refractivity contribution in [3.63, 3.8) is 0 Å². The molecule has 0 saturated carbocycles. The van der Waals surface area contributed by atoms with Crippen LogP contribution in [0, 0.1) is 11.3 Å². The van der Waals surface area contributed by atoms with Crippen molar-refractivity contribution < 1.29 is 13.2 Å². The molecule has 0 amide bonds. The Balaban J connectivity index is 2.14. The molecule has 1 aromatic carbocycles. The second-order valence-corrected chi connectivity index (χ2v) is 5.06. The monoisotopic (exact) mass is 281 g/mol. The lowest BCUT2D eigenvalue weighted by molar-refractivity contribution is -0.137. The van der Waals surface area contributed by atoms with Crippen molar-refractivity contribution in [2.45, 2.75) is 12.7 Å². The van der Waals surface area contributed by atoms with Crippen molar-refractivity contribution in [1.82, 2.24) is 9.71 Å². The van der Waals surface area contributed by atoms with Gasteiger partial charge < -0.3 is 4.81 Å². The van der Waals surface area contributed by atoms with Gasteiger partial charge >= 0.3 is 6.18 Å². The maximum atomic E-state index is 12.6. The van der Waals surface area contributed by atoms with E-state index in [4.69, 9.17) is 5.26 Å². The molecule has 106 valence electrons. The van der Waals surface area contributed by atoms with Crippen molar-refractivity contribution >= 4 is 7.98 Å². The number of hydrogen-bond acceptors (Lipinski definition) is 3. The lowest BCUT2D eigenvalue weighted by atomic mass is 10.0. The van der Waals surface area contributed by atoms with Gasteiger partial charge in [-0.3, -0.25) is 4.90 Å². The fourth-order valence-corrected chi connectivity index (χ4v) is 2.24. The Hall–Kier alpha value is -1.52. The van der Waals surface area contributed by atoms with Crippen LogP contribution in [0.5, 0.6) is 0 Å². The van der Waals surface area contributed by atoms with Crippen molar-refractivity contribution in [2.24, 2.45) is 0 Å². The van der Waals surface area contributed by atoms with Crippen LogP contribution in [0.3, 0.4) is 0 Å². The molecule has 7 heteroatoms. The molecule has 1 aliphatic rings. The number of hydrogen-bond donors (Lipinski definition) is 0. The van der Waals surface area contributed by atoms with Crippen LogP contribution in [0.1, 0.15) is 16.7 Å². The zero-order chi connectivity index (χ0) is 14.8. The summed E-state index contributed by atoms with van der Waals surface area (Å²) in [5.41, 5.74) is -0.0000152. The molecular weight excluding hydrogens is 266 g/mol. The maximum Gasteiger partial charge on any atom is 0.416 e. The number of piperazine rings is 1. The average molecular weight is 281 g/mol. The molecular formula is C13H15BF3N3. The summed E-state index contributed by atoms with van der Waals surface area (Å²) >= 11 is 0. The van der Waals surface area contributed by atoms with E-state index in [9.17, 15) is 13.2 Å². The molecule has 0 aliphatic carbocycles. The van der Waals surface area contributed by atoms with Gasteiger partial charge in [-0.2, -0.15) is 18.4 Å². The van der Waals surface area contributed by atoms with Gasteiger partial charge in [0.05, 0.1) is 17.2 Å². The van der Waals surface area contributed by atoms with E-state index in [0.29, 0.717) is 12.1 Å². The van der Waals surface area contributed by atoms with Crippen LogP contribution in [-0.4, -0.2) is 43.9 Å². The van der Waals surface area contributed by atoms with Crippen LogP contribution in [-0.2, 0) is 12.7 Å². The highest BCUT2D eigenvalue weighted by Gasteiger charge is 2.31. The second-order valence-electron chi connectivity index (χ2n) is 5.06. The Labute approximate surface area is 117 Å². The van der Waals surface area contributed by atoms with Crippen molar-refractivity contribution in [3.8, 4) is 6.07 Å². The van der Waals surface area contributed by atoms with Gasteiger partial charge in [-0.15, -0.1) is 0 Å². The fourth-order valence-electron chi connectivity index (χ4n) is 2.24. The molecule has 2 rings (SSSR count). The van der Waals surface area contributed by atoms with E-state index in [2.05, 4.69) is 9.71 Å². The van der Waals surface area contributed by atoms with Gasteiger partial charge in [0.2, 0.25) is 0 Å². The number of nitrogens with zero attached hydrogens (tertiary/aromatic N) is 3. The summed E-state index contributed by atoms with van der Waals surface area (Å²) < 4.78 is 37.8. The number of rotatable bonds is 2. The Kier molecular flexibility index (Phi) is 4.36. The molecule has 1 saturated heterocycles. The number of nitriles is 1. The lowest BCUT2D eigenvalue weighted by Crippen LogP contribution is -2.44. The van der Waals surface area contributed by atoms with Gasteiger partial charge in [0.15, 0.2) is 7.98 Å². The first-order valence-corrected chi connectivity index (χ1v) is 6.41. The minimum Gasteiger partial charge on any atom is -0.346 e. The SMILES string of the molecule is BN1CCN(Cc2ccc(C(F)(F)F)cc2C#N)CC1. The summed E-state index contributed by atoms with van der Waals surface area (Å²) in [6.45, 7) is 4.12. The molecule has 0 atom stereocenters. The van der Waals surface area contributed by atoms with Crippen LogP contribution in [0.4, 0.5) is 13.2 Å². The van der Waals surface area contributed by atoms with Crippen LogP contribution < -0.4 is 0 Å². The van der Waals surface area contributed by atoms with Crippen LogP contribution >= 0.6 is 0 Å². The maximum absolute atomic E-state index is 12.6. The van der Waals surface area contributed by atoms with Crippen molar-refractivity contribution in [3.05, 3.63) is 34.9 Å². The third kappa shape index (κ3) is 3.53. The smallest absolute Gasteiger partial charge is 0.346 e. The minimum atomic E-state index is -4.40. The molecule has 3 nitrogen and oxygen atoms in total. The van der Waals surface area contributed by atoms with Crippen LogP contribution in [0.15, 0.2) is 18.2 Å². The summed E-state index contributed by atoms with van der Waals surface area (Å²) in [4.78, 5) is 4.36. The van der Waals surface area contributed by atoms with Gasteiger partial charge in [-0.25, -0.2) is 0 Å². The standard InChI is InChI=1S/C13H15BF3N3/c14-20-5-3-19(4-6-20)9-10-1-2-12(13(15,16)17)7-11(10)8-18/h1-2,7H,3-6,9,14H2. The van der Waals surface area contributed by atoms with Crippen LogP contribution in [0.25, 0.3) is 0 Å². The predicted octanol–water partition coefficient (Wildman–Crippen LogP) is 1.24.